The van der Waals surface area contributed by atoms with Gasteiger partial charge in [0.25, 0.3) is 0 Å². The van der Waals surface area contributed by atoms with Crippen LogP contribution in [0.1, 0.15) is 45.1 Å². The fourth-order valence-corrected chi connectivity index (χ4v) is 2.31. The molecule has 1 aliphatic rings. The molecule has 2 rings (SSSR count). The molecule has 17 heavy (non-hydrogen) atoms. The van der Waals surface area contributed by atoms with Gasteiger partial charge < -0.3 is 10.1 Å². The summed E-state index contributed by atoms with van der Waals surface area (Å²) in [6.45, 7) is 8.92. The van der Waals surface area contributed by atoms with Crippen molar-refractivity contribution in [2.75, 3.05) is 19.8 Å². The Labute approximate surface area is 102 Å². The van der Waals surface area contributed by atoms with Crippen LogP contribution in [0.15, 0.2) is 0 Å². The summed E-state index contributed by atoms with van der Waals surface area (Å²) in [7, 11) is 0. The minimum atomic E-state index is 0.180. The molecule has 1 aromatic rings. The van der Waals surface area contributed by atoms with Crippen molar-refractivity contribution in [2.45, 2.75) is 39.3 Å². The normalized spacial score (nSPS) is 23.8. The standard InChI is InChI=1S/C11H21N5O/c1-4-12-8(2)11-13-14-15-16(11)9(3)10-5-6-17-7-10/h8-10,12H,4-7H2,1-3H3. The highest BCUT2D eigenvalue weighted by atomic mass is 16.5. The van der Waals surface area contributed by atoms with E-state index in [-0.39, 0.29) is 6.04 Å². The predicted octanol–water partition coefficient (Wildman–Crippen LogP) is 0.941. The number of hydrogen-bond donors (Lipinski definition) is 1. The zero-order valence-corrected chi connectivity index (χ0v) is 10.8. The van der Waals surface area contributed by atoms with Gasteiger partial charge in [0.1, 0.15) is 0 Å². The van der Waals surface area contributed by atoms with Crippen LogP contribution in [-0.4, -0.2) is 40.0 Å². The van der Waals surface area contributed by atoms with E-state index in [0.29, 0.717) is 12.0 Å². The van der Waals surface area contributed by atoms with Gasteiger partial charge in [0.15, 0.2) is 5.82 Å². The molecule has 0 bridgehead atoms. The van der Waals surface area contributed by atoms with Crippen molar-refractivity contribution in [1.82, 2.24) is 25.5 Å². The molecule has 0 spiro atoms. The van der Waals surface area contributed by atoms with Gasteiger partial charge in [-0.25, -0.2) is 4.68 Å². The first-order valence-electron chi connectivity index (χ1n) is 6.33. The highest BCUT2D eigenvalue weighted by Gasteiger charge is 2.27. The maximum atomic E-state index is 5.43. The van der Waals surface area contributed by atoms with E-state index in [1.807, 2.05) is 4.68 Å². The molecular weight excluding hydrogens is 218 g/mol. The molecule has 0 amide bonds. The molecule has 6 heteroatoms. The Morgan fingerprint density at radius 3 is 3.00 bits per heavy atom. The second-order valence-corrected chi connectivity index (χ2v) is 4.63. The van der Waals surface area contributed by atoms with Crippen LogP contribution in [0.25, 0.3) is 0 Å². The summed E-state index contributed by atoms with van der Waals surface area (Å²) in [5.74, 6) is 1.43. The van der Waals surface area contributed by atoms with Crippen LogP contribution in [0.2, 0.25) is 0 Å². The average Bonchev–Trinajstić information content (AvgIpc) is 3.00. The zero-order valence-electron chi connectivity index (χ0n) is 10.8. The van der Waals surface area contributed by atoms with Crippen molar-refractivity contribution in [3.05, 3.63) is 5.82 Å². The first kappa shape index (κ1) is 12.4. The van der Waals surface area contributed by atoms with Crippen molar-refractivity contribution < 1.29 is 4.74 Å². The minimum Gasteiger partial charge on any atom is -0.381 e. The van der Waals surface area contributed by atoms with Crippen LogP contribution in [0.5, 0.6) is 0 Å². The topological polar surface area (TPSA) is 64.9 Å². The van der Waals surface area contributed by atoms with Crippen molar-refractivity contribution in [1.29, 1.82) is 0 Å². The Bertz CT molecular complexity index is 347. The summed E-state index contributed by atoms with van der Waals surface area (Å²) in [6, 6.07) is 0.475. The molecule has 3 atom stereocenters. The Hall–Kier alpha value is -1.01. The van der Waals surface area contributed by atoms with Crippen molar-refractivity contribution in [3.63, 3.8) is 0 Å². The Morgan fingerprint density at radius 2 is 2.35 bits per heavy atom. The summed E-state index contributed by atoms with van der Waals surface area (Å²) in [5, 5.41) is 15.4. The molecule has 0 radical (unpaired) electrons. The Morgan fingerprint density at radius 1 is 1.53 bits per heavy atom. The van der Waals surface area contributed by atoms with E-state index in [2.05, 4.69) is 41.6 Å². The molecule has 1 saturated heterocycles. The molecule has 0 aromatic carbocycles. The molecule has 1 fully saturated rings. The van der Waals surface area contributed by atoms with E-state index in [0.717, 1.165) is 32.0 Å². The van der Waals surface area contributed by atoms with Crippen LogP contribution in [0.3, 0.4) is 0 Å². The van der Waals surface area contributed by atoms with E-state index >= 15 is 0 Å². The number of tetrazole rings is 1. The summed E-state index contributed by atoms with van der Waals surface area (Å²) in [4.78, 5) is 0. The zero-order chi connectivity index (χ0) is 12.3. The average molecular weight is 239 g/mol. The molecular formula is C11H21N5O. The van der Waals surface area contributed by atoms with E-state index < -0.39 is 0 Å². The lowest BCUT2D eigenvalue weighted by atomic mass is 10.0. The number of ether oxygens (including phenoxy) is 1. The molecule has 2 heterocycles. The van der Waals surface area contributed by atoms with Crippen LogP contribution in [-0.2, 0) is 4.74 Å². The molecule has 0 aliphatic carbocycles. The quantitative estimate of drug-likeness (QED) is 0.828. The van der Waals surface area contributed by atoms with E-state index in [1.54, 1.807) is 0 Å². The molecule has 1 aromatic heterocycles. The van der Waals surface area contributed by atoms with Gasteiger partial charge in [-0.05, 0) is 37.2 Å². The second-order valence-electron chi connectivity index (χ2n) is 4.63. The lowest BCUT2D eigenvalue weighted by molar-refractivity contribution is 0.171. The number of rotatable bonds is 5. The first-order valence-corrected chi connectivity index (χ1v) is 6.33. The smallest absolute Gasteiger partial charge is 0.168 e. The van der Waals surface area contributed by atoms with Crippen LogP contribution < -0.4 is 5.32 Å². The van der Waals surface area contributed by atoms with Crippen molar-refractivity contribution >= 4 is 0 Å². The first-order chi connectivity index (χ1) is 8.24. The van der Waals surface area contributed by atoms with Gasteiger partial charge in [0.05, 0.1) is 18.7 Å². The van der Waals surface area contributed by atoms with Crippen molar-refractivity contribution in [2.24, 2.45) is 5.92 Å². The van der Waals surface area contributed by atoms with E-state index in [9.17, 15) is 0 Å². The van der Waals surface area contributed by atoms with Crippen LogP contribution in [0.4, 0.5) is 0 Å². The van der Waals surface area contributed by atoms with Gasteiger partial charge in [-0.2, -0.15) is 0 Å². The number of nitrogens with zero attached hydrogens (tertiary/aromatic N) is 4. The Balaban J connectivity index is 2.11. The highest BCUT2D eigenvalue weighted by Crippen LogP contribution is 2.26. The second kappa shape index (κ2) is 5.55. The number of aromatic nitrogens is 4. The highest BCUT2D eigenvalue weighted by molar-refractivity contribution is 4.92. The lowest BCUT2D eigenvalue weighted by Crippen LogP contribution is -2.26. The largest absolute Gasteiger partial charge is 0.381 e. The fourth-order valence-electron chi connectivity index (χ4n) is 2.31. The molecule has 0 saturated carbocycles. The predicted molar refractivity (Wildman–Crippen MR) is 63.5 cm³/mol. The maximum Gasteiger partial charge on any atom is 0.168 e. The maximum absolute atomic E-state index is 5.43. The Kier molecular flexibility index (Phi) is 4.06. The third-order valence-corrected chi connectivity index (χ3v) is 3.45. The van der Waals surface area contributed by atoms with Crippen LogP contribution >= 0.6 is 0 Å². The molecule has 6 nitrogen and oxygen atoms in total. The summed E-state index contributed by atoms with van der Waals surface area (Å²) >= 11 is 0. The van der Waals surface area contributed by atoms with Gasteiger partial charge >= 0.3 is 0 Å². The molecule has 96 valence electrons. The SMILES string of the molecule is CCNC(C)c1nnnn1C(C)C1CCOC1. The molecule has 1 N–H and O–H groups in total. The van der Waals surface area contributed by atoms with Gasteiger partial charge in [-0.15, -0.1) is 5.10 Å². The van der Waals surface area contributed by atoms with Crippen molar-refractivity contribution in [3.8, 4) is 0 Å². The van der Waals surface area contributed by atoms with Gasteiger partial charge in [0.2, 0.25) is 0 Å². The monoisotopic (exact) mass is 239 g/mol. The summed E-state index contributed by atoms with van der Waals surface area (Å²) < 4.78 is 7.36. The summed E-state index contributed by atoms with van der Waals surface area (Å²) in [6.07, 6.45) is 1.09. The van der Waals surface area contributed by atoms with E-state index in [1.165, 1.54) is 0 Å². The van der Waals surface area contributed by atoms with Gasteiger partial charge in [-0.1, -0.05) is 6.92 Å². The number of nitrogens with one attached hydrogen (secondary N) is 1. The fraction of sp³-hybridized carbons (Fsp3) is 0.909. The molecule has 1 aliphatic heterocycles. The van der Waals surface area contributed by atoms with Gasteiger partial charge in [0, 0.05) is 12.5 Å². The third-order valence-electron chi connectivity index (χ3n) is 3.45. The van der Waals surface area contributed by atoms with E-state index in [4.69, 9.17) is 4.74 Å². The lowest BCUT2D eigenvalue weighted by Gasteiger charge is -2.21. The van der Waals surface area contributed by atoms with Crippen LogP contribution in [0, 0.1) is 5.92 Å². The minimum absolute atomic E-state index is 0.180. The molecule has 3 unspecified atom stereocenters. The van der Waals surface area contributed by atoms with Gasteiger partial charge in [-0.3, -0.25) is 0 Å². The third kappa shape index (κ3) is 2.63. The summed E-state index contributed by atoms with van der Waals surface area (Å²) in [5.41, 5.74) is 0. The number of hydrogen-bond acceptors (Lipinski definition) is 5.